The van der Waals surface area contributed by atoms with Crippen molar-refractivity contribution in [3.63, 3.8) is 0 Å². The Morgan fingerprint density at radius 1 is 1.10 bits per heavy atom. The summed E-state index contributed by atoms with van der Waals surface area (Å²) in [5, 5.41) is 10.9. The van der Waals surface area contributed by atoms with Crippen LogP contribution in [-0.2, 0) is 16.1 Å². The fourth-order valence-corrected chi connectivity index (χ4v) is 4.12. The van der Waals surface area contributed by atoms with E-state index in [1.54, 1.807) is 17.3 Å². The van der Waals surface area contributed by atoms with Crippen molar-refractivity contribution in [2.24, 2.45) is 5.10 Å². The van der Waals surface area contributed by atoms with Gasteiger partial charge in [0.1, 0.15) is 12.6 Å². The van der Waals surface area contributed by atoms with Crippen LogP contribution >= 0.6 is 0 Å². The Labute approximate surface area is 231 Å². The average Bonchev–Trinajstić information content (AvgIpc) is 3.24. The molecule has 1 aromatic heterocycles. The lowest BCUT2D eigenvalue weighted by molar-refractivity contribution is -0.122. The number of amides is 2. The van der Waals surface area contributed by atoms with Gasteiger partial charge < -0.3 is 25.7 Å². The van der Waals surface area contributed by atoms with Crippen LogP contribution in [0.2, 0.25) is 0 Å². The lowest BCUT2D eigenvalue weighted by Crippen LogP contribution is -2.49. The molecule has 3 N–H and O–H groups in total. The highest BCUT2D eigenvalue weighted by molar-refractivity contribution is 6.01. The number of rotatable bonds is 5. The molecule has 3 heterocycles. The summed E-state index contributed by atoms with van der Waals surface area (Å²) in [5.41, 5.74) is 6.70. The number of nitrogens with one attached hydrogen (secondary N) is 3. The molecule has 1 saturated heterocycles. The highest BCUT2D eigenvalue weighted by Crippen LogP contribution is 2.11. The van der Waals surface area contributed by atoms with Crippen LogP contribution in [0.4, 0.5) is 4.79 Å². The summed E-state index contributed by atoms with van der Waals surface area (Å²) in [5.74, 6) is -0.173. The number of ether oxygens (including phenoxy) is 1. The molecule has 0 bridgehead atoms. The van der Waals surface area contributed by atoms with Crippen LogP contribution in [0, 0.1) is 0 Å². The summed E-state index contributed by atoms with van der Waals surface area (Å²) < 4.78 is 5.50. The molecule has 2 amide bonds. The van der Waals surface area contributed by atoms with Crippen LogP contribution in [-0.4, -0.2) is 59.3 Å². The largest absolute Gasteiger partial charge is 0.445 e. The quantitative estimate of drug-likeness (QED) is 0.500. The van der Waals surface area contributed by atoms with E-state index in [1.807, 2.05) is 81.5 Å². The van der Waals surface area contributed by atoms with Gasteiger partial charge in [-0.25, -0.2) is 4.79 Å². The number of pyridine rings is 1. The van der Waals surface area contributed by atoms with Crippen molar-refractivity contribution in [2.75, 3.05) is 19.6 Å². The molecule has 2 aliphatic heterocycles. The van der Waals surface area contributed by atoms with Gasteiger partial charge in [-0.2, -0.15) is 5.10 Å². The average molecular weight is 533 g/mol. The normalized spacial score (nSPS) is 23.1. The van der Waals surface area contributed by atoms with Gasteiger partial charge in [0.2, 0.25) is 5.91 Å². The van der Waals surface area contributed by atoms with Gasteiger partial charge >= 0.3 is 6.09 Å². The fraction of sp³-hybridized carbons (Fsp3) is 0.400. The number of hydrogen-bond donors (Lipinski definition) is 3. The number of hydrogen-bond acceptors (Lipinski definition) is 7. The van der Waals surface area contributed by atoms with E-state index in [1.165, 1.54) is 0 Å². The van der Waals surface area contributed by atoms with Gasteiger partial charge in [0.25, 0.3) is 0 Å². The van der Waals surface area contributed by atoms with Gasteiger partial charge in [-0.15, -0.1) is 0 Å². The van der Waals surface area contributed by atoms with Crippen LogP contribution in [0.5, 0.6) is 0 Å². The Hall–Kier alpha value is -3.98. The zero-order chi connectivity index (χ0) is 27.9. The predicted octanol–water partition coefficient (Wildman–Crippen LogP) is 4.14. The van der Waals surface area contributed by atoms with Crippen LogP contribution in [0.15, 0.2) is 83.9 Å². The maximum Gasteiger partial charge on any atom is 0.410 e. The van der Waals surface area contributed by atoms with E-state index in [9.17, 15) is 9.59 Å². The Bertz CT molecular complexity index is 1130. The monoisotopic (exact) mass is 532 g/mol. The molecule has 1 aromatic carbocycles. The van der Waals surface area contributed by atoms with Crippen molar-refractivity contribution >= 4 is 17.7 Å². The van der Waals surface area contributed by atoms with Crippen molar-refractivity contribution in [2.45, 2.75) is 58.7 Å². The molecular weight excluding hydrogens is 492 g/mol. The lowest BCUT2D eigenvalue weighted by Gasteiger charge is -2.24. The molecule has 208 valence electrons. The first-order valence-corrected chi connectivity index (χ1v) is 13.7. The summed E-state index contributed by atoms with van der Waals surface area (Å²) in [6.45, 7) is 7.64. The second-order valence-corrected chi connectivity index (χ2v) is 9.11. The van der Waals surface area contributed by atoms with Crippen molar-refractivity contribution in [3.05, 3.63) is 89.9 Å². The van der Waals surface area contributed by atoms with Gasteiger partial charge in [0, 0.05) is 49.6 Å². The number of nitrogens with zero attached hydrogens (tertiary/aromatic N) is 3. The van der Waals surface area contributed by atoms with Crippen molar-refractivity contribution in [1.82, 2.24) is 25.9 Å². The first-order chi connectivity index (χ1) is 19.1. The summed E-state index contributed by atoms with van der Waals surface area (Å²) in [6, 6.07) is 12.9. The zero-order valence-corrected chi connectivity index (χ0v) is 23.1. The number of aromatic nitrogens is 1. The van der Waals surface area contributed by atoms with E-state index in [-0.39, 0.29) is 25.1 Å². The second kappa shape index (κ2) is 16.1. The van der Waals surface area contributed by atoms with E-state index < -0.39 is 12.1 Å². The second-order valence-electron chi connectivity index (χ2n) is 9.11. The molecule has 0 saturated carbocycles. The third kappa shape index (κ3) is 9.68. The minimum atomic E-state index is -0.541. The van der Waals surface area contributed by atoms with Crippen LogP contribution < -0.4 is 16.1 Å². The van der Waals surface area contributed by atoms with Gasteiger partial charge in [0.15, 0.2) is 0 Å². The van der Waals surface area contributed by atoms with Crippen molar-refractivity contribution in [1.29, 1.82) is 0 Å². The molecule has 0 radical (unpaired) electrons. The molecule has 0 aliphatic carbocycles. The third-order valence-electron chi connectivity index (χ3n) is 6.18. The summed E-state index contributed by atoms with van der Waals surface area (Å²) in [6.07, 6.45) is 11.0. The van der Waals surface area contributed by atoms with Crippen molar-refractivity contribution in [3.8, 4) is 0 Å². The SMILES string of the molecule is CC.CC1/C=C\C/C(NC(=O)C2CN(C(=O)OCc3ccccc3)CCCN2)=C\C/C(c2ccncc2)=N\N1. The van der Waals surface area contributed by atoms with Gasteiger partial charge in [-0.1, -0.05) is 62.4 Å². The molecule has 1 fully saturated rings. The molecule has 2 unspecified atom stereocenters. The maximum atomic E-state index is 13.3. The topological polar surface area (TPSA) is 108 Å². The Morgan fingerprint density at radius 3 is 2.64 bits per heavy atom. The molecule has 2 aliphatic rings. The van der Waals surface area contributed by atoms with E-state index in [0.717, 1.165) is 29.0 Å². The van der Waals surface area contributed by atoms with Gasteiger partial charge in [0.05, 0.1) is 11.8 Å². The van der Waals surface area contributed by atoms with E-state index >= 15 is 0 Å². The summed E-state index contributed by atoms with van der Waals surface area (Å²) in [4.78, 5) is 31.7. The van der Waals surface area contributed by atoms with E-state index in [4.69, 9.17) is 4.74 Å². The first-order valence-electron chi connectivity index (χ1n) is 13.7. The summed E-state index contributed by atoms with van der Waals surface area (Å²) in [7, 11) is 0. The first kappa shape index (κ1) is 29.6. The maximum absolute atomic E-state index is 13.3. The third-order valence-corrected chi connectivity index (χ3v) is 6.18. The molecule has 2 aromatic rings. The van der Waals surface area contributed by atoms with Crippen LogP contribution in [0.3, 0.4) is 0 Å². The highest BCUT2D eigenvalue weighted by atomic mass is 16.6. The molecule has 4 rings (SSSR count). The molecule has 9 nitrogen and oxygen atoms in total. The number of benzene rings is 1. The standard InChI is InChI=1S/C28H34N6O3.C2H6/c1-21-7-5-10-24(11-12-25(33-32-21)23-13-16-29-17-14-23)31-27(35)26-19-34(18-6-15-30-26)28(36)37-20-22-8-3-2-4-9-22;1-2/h2-5,7-9,11,13-14,16-17,21,26,30,32H,6,10,12,15,18-20H2,1H3,(H,31,35);1-2H3/b7-5-,24-11+,33-25+;. The minimum absolute atomic E-state index is 0.0471. The number of hydrazone groups is 1. The minimum Gasteiger partial charge on any atom is -0.445 e. The molecule has 2 atom stereocenters. The Kier molecular flexibility index (Phi) is 12.2. The highest BCUT2D eigenvalue weighted by Gasteiger charge is 2.27. The molecule has 9 heteroatoms. The number of carbonyl (C=O) groups is 2. The van der Waals surface area contributed by atoms with Gasteiger partial charge in [-0.3, -0.25) is 9.78 Å². The smallest absolute Gasteiger partial charge is 0.410 e. The van der Waals surface area contributed by atoms with E-state index in [2.05, 4.69) is 26.1 Å². The van der Waals surface area contributed by atoms with Gasteiger partial charge in [-0.05, 0) is 37.6 Å². The number of carbonyl (C=O) groups excluding carboxylic acids is 2. The van der Waals surface area contributed by atoms with E-state index in [0.29, 0.717) is 25.9 Å². The van der Waals surface area contributed by atoms with Crippen LogP contribution in [0.25, 0.3) is 0 Å². The predicted molar refractivity (Wildman–Crippen MR) is 154 cm³/mol. The van der Waals surface area contributed by atoms with Crippen molar-refractivity contribution < 1.29 is 14.3 Å². The molecule has 0 spiro atoms. The number of allylic oxidation sites excluding steroid dienone is 2. The lowest BCUT2D eigenvalue weighted by atomic mass is 10.1. The summed E-state index contributed by atoms with van der Waals surface area (Å²) >= 11 is 0. The fourth-order valence-electron chi connectivity index (χ4n) is 4.12. The molecular formula is C30H40N6O3. The molecule has 39 heavy (non-hydrogen) atoms. The Morgan fingerprint density at radius 2 is 1.87 bits per heavy atom. The Balaban J connectivity index is 0.00000205. The van der Waals surface area contributed by atoms with Crippen LogP contribution in [0.1, 0.15) is 51.2 Å². The zero-order valence-electron chi connectivity index (χ0n) is 23.1.